The molecule has 2 aliphatic rings. The average Bonchev–Trinajstić information content (AvgIpc) is 2.43. The summed E-state index contributed by atoms with van der Waals surface area (Å²) in [6.45, 7) is 1.98. The Morgan fingerprint density at radius 3 is 2.27 bits per heavy atom. The minimum absolute atomic E-state index is 0.0606. The normalized spacial score (nSPS) is 40.5. The number of hydrogen-bond acceptors (Lipinski definition) is 3. The molecule has 0 spiro atoms. The van der Waals surface area contributed by atoms with Gasteiger partial charge in [-0.3, -0.25) is 14.5 Å². The largest absolute Gasteiger partial charge is 0.303 e. The van der Waals surface area contributed by atoms with Crippen molar-refractivity contribution < 1.29 is 14.4 Å². The molecule has 0 bridgehead atoms. The molecule has 2 rings (SSSR count). The fourth-order valence-corrected chi connectivity index (χ4v) is 2.77. The summed E-state index contributed by atoms with van der Waals surface area (Å²) in [4.78, 5) is 35.5. The van der Waals surface area contributed by atoms with Crippen molar-refractivity contribution in [3.05, 3.63) is 0 Å². The molecule has 0 aromatic rings. The molecule has 0 aromatic carbocycles. The SMILES string of the molecule is CC1CC2C(=O)N(C)C(=O)C2CC1C=O. The lowest BCUT2D eigenvalue weighted by Crippen LogP contribution is -2.32. The number of nitrogens with zero attached hydrogens (tertiary/aromatic N) is 1. The van der Waals surface area contributed by atoms with Crippen LogP contribution in [0.1, 0.15) is 19.8 Å². The van der Waals surface area contributed by atoms with Crippen LogP contribution in [0.5, 0.6) is 0 Å². The molecule has 4 nitrogen and oxygen atoms in total. The summed E-state index contributed by atoms with van der Waals surface area (Å²) in [6.07, 6.45) is 2.14. The van der Waals surface area contributed by atoms with Crippen molar-refractivity contribution in [1.29, 1.82) is 0 Å². The third-order valence-corrected chi connectivity index (χ3v) is 3.84. The second-order valence-corrected chi connectivity index (χ2v) is 4.70. The van der Waals surface area contributed by atoms with E-state index in [0.29, 0.717) is 12.8 Å². The topological polar surface area (TPSA) is 54.5 Å². The smallest absolute Gasteiger partial charge is 0.232 e. The van der Waals surface area contributed by atoms with Gasteiger partial charge in [-0.2, -0.15) is 0 Å². The molecule has 2 fully saturated rings. The third-order valence-electron chi connectivity index (χ3n) is 3.84. The Balaban J connectivity index is 2.24. The molecular formula is C11H15NO3. The van der Waals surface area contributed by atoms with Crippen molar-refractivity contribution in [3.63, 3.8) is 0 Å². The molecule has 1 heterocycles. The predicted octanol–water partition coefficient (Wildman–Crippen LogP) is 0.462. The zero-order valence-electron chi connectivity index (χ0n) is 8.97. The zero-order chi connectivity index (χ0) is 11.2. The molecule has 4 atom stereocenters. The molecule has 15 heavy (non-hydrogen) atoms. The maximum Gasteiger partial charge on any atom is 0.232 e. The molecule has 82 valence electrons. The van der Waals surface area contributed by atoms with Gasteiger partial charge in [0.05, 0.1) is 11.8 Å². The van der Waals surface area contributed by atoms with E-state index in [1.54, 1.807) is 0 Å². The maximum absolute atomic E-state index is 11.7. The van der Waals surface area contributed by atoms with Gasteiger partial charge in [-0.25, -0.2) is 0 Å². The molecule has 2 amide bonds. The Hall–Kier alpha value is -1.19. The fourth-order valence-electron chi connectivity index (χ4n) is 2.77. The first-order chi connectivity index (χ1) is 7.06. The number of carbonyl (C=O) groups is 3. The second kappa shape index (κ2) is 3.43. The second-order valence-electron chi connectivity index (χ2n) is 4.70. The fraction of sp³-hybridized carbons (Fsp3) is 0.727. The quantitative estimate of drug-likeness (QED) is 0.465. The van der Waals surface area contributed by atoms with E-state index in [1.807, 2.05) is 6.92 Å². The van der Waals surface area contributed by atoms with Crippen molar-refractivity contribution in [2.45, 2.75) is 19.8 Å². The molecular weight excluding hydrogens is 194 g/mol. The lowest BCUT2D eigenvalue weighted by Gasteiger charge is -2.30. The van der Waals surface area contributed by atoms with Crippen LogP contribution in [0.2, 0.25) is 0 Å². The first-order valence-electron chi connectivity index (χ1n) is 5.33. The van der Waals surface area contributed by atoms with Crippen LogP contribution in [0.15, 0.2) is 0 Å². The highest BCUT2D eigenvalue weighted by atomic mass is 16.2. The van der Waals surface area contributed by atoms with Gasteiger partial charge in [0.2, 0.25) is 11.8 Å². The Kier molecular flexibility index (Phi) is 2.37. The third kappa shape index (κ3) is 1.39. The lowest BCUT2D eigenvalue weighted by atomic mass is 9.70. The van der Waals surface area contributed by atoms with Gasteiger partial charge >= 0.3 is 0 Å². The van der Waals surface area contributed by atoms with Crippen molar-refractivity contribution in [3.8, 4) is 0 Å². The number of fused-ring (bicyclic) bond motifs is 1. The summed E-state index contributed by atoms with van der Waals surface area (Å²) in [5, 5.41) is 0. The summed E-state index contributed by atoms with van der Waals surface area (Å²) >= 11 is 0. The van der Waals surface area contributed by atoms with E-state index < -0.39 is 0 Å². The highest BCUT2D eigenvalue weighted by molar-refractivity contribution is 6.05. The summed E-state index contributed by atoms with van der Waals surface area (Å²) in [5.41, 5.74) is 0. The van der Waals surface area contributed by atoms with Crippen molar-refractivity contribution in [2.24, 2.45) is 23.7 Å². The van der Waals surface area contributed by atoms with Crippen molar-refractivity contribution in [2.75, 3.05) is 7.05 Å². The molecule has 4 unspecified atom stereocenters. The van der Waals surface area contributed by atoms with Gasteiger partial charge in [-0.1, -0.05) is 6.92 Å². The summed E-state index contributed by atoms with van der Waals surface area (Å²) in [7, 11) is 1.53. The van der Waals surface area contributed by atoms with Crippen molar-refractivity contribution >= 4 is 18.1 Å². The summed E-state index contributed by atoms with van der Waals surface area (Å²) < 4.78 is 0. The predicted molar refractivity (Wildman–Crippen MR) is 52.7 cm³/mol. The molecule has 1 saturated heterocycles. The number of rotatable bonds is 1. The summed E-state index contributed by atoms with van der Waals surface area (Å²) in [6, 6.07) is 0. The highest BCUT2D eigenvalue weighted by Gasteiger charge is 2.50. The van der Waals surface area contributed by atoms with Gasteiger partial charge in [0.15, 0.2) is 0 Å². The first kappa shape index (κ1) is 10.3. The number of hydrogen-bond donors (Lipinski definition) is 0. The van der Waals surface area contributed by atoms with Gasteiger partial charge < -0.3 is 4.79 Å². The van der Waals surface area contributed by atoms with Crippen LogP contribution >= 0.6 is 0 Å². The van der Waals surface area contributed by atoms with Gasteiger partial charge in [0.1, 0.15) is 6.29 Å². The van der Waals surface area contributed by atoms with Gasteiger partial charge in [0, 0.05) is 13.0 Å². The van der Waals surface area contributed by atoms with E-state index in [0.717, 1.165) is 6.29 Å². The minimum Gasteiger partial charge on any atom is -0.303 e. The van der Waals surface area contributed by atoms with Crippen LogP contribution in [-0.4, -0.2) is 30.0 Å². The van der Waals surface area contributed by atoms with Crippen LogP contribution < -0.4 is 0 Å². The van der Waals surface area contributed by atoms with Gasteiger partial charge in [-0.15, -0.1) is 0 Å². The van der Waals surface area contributed by atoms with Crippen LogP contribution in [0.4, 0.5) is 0 Å². The minimum atomic E-state index is -0.242. The molecule has 1 aliphatic heterocycles. The summed E-state index contributed by atoms with van der Waals surface area (Å²) in [5.74, 6) is -0.436. The monoisotopic (exact) mass is 209 g/mol. The highest BCUT2D eigenvalue weighted by Crippen LogP contribution is 2.42. The molecule has 1 saturated carbocycles. The number of carbonyl (C=O) groups excluding carboxylic acids is 3. The van der Waals surface area contributed by atoms with E-state index in [-0.39, 0.29) is 35.5 Å². The van der Waals surface area contributed by atoms with E-state index in [1.165, 1.54) is 11.9 Å². The van der Waals surface area contributed by atoms with Crippen LogP contribution in [-0.2, 0) is 14.4 Å². The molecule has 1 aliphatic carbocycles. The Morgan fingerprint density at radius 2 is 1.73 bits per heavy atom. The van der Waals surface area contributed by atoms with E-state index >= 15 is 0 Å². The first-order valence-corrected chi connectivity index (χ1v) is 5.33. The number of amides is 2. The Bertz CT molecular complexity index is 326. The van der Waals surface area contributed by atoms with Gasteiger partial charge in [0.25, 0.3) is 0 Å². The Morgan fingerprint density at radius 1 is 1.20 bits per heavy atom. The van der Waals surface area contributed by atoms with Crippen molar-refractivity contribution in [1.82, 2.24) is 4.90 Å². The molecule has 0 radical (unpaired) electrons. The number of aldehydes is 1. The molecule has 4 heteroatoms. The number of imide groups is 1. The van der Waals surface area contributed by atoms with E-state index in [2.05, 4.69) is 0 Å². The maximum atomic E-state index is 11.7. The lowest BCUT2D eigenvalue weighted by molar-refractivity contribution is -0.138. The van der Waals surface area contributed by atoms with Crippen LogP contribution in [0.25, 0.3) is 0 Å². The van der Waals surface area contributed by atoms with Crippen LogP contribution in [0.3, 0.4) is 0 Å². The molecule has 0 N–H and O–H groups in total. The average molecular weight is 209 g/mol. The van der Waals surface area contributed by atoms with Crippen LogP contribution in [0, 0.1) is 23.7 Å². The standard InChI is InChI=1S/C11H15NO3/c1-6-3-8-9(4-7(6)5-13)11(15)12(2)10(8)14/h5-9H,3-4H2,1-2H3. The molecule has 0 aromatic heterocycles. The van der Waals surface area contributed by atoms with E-state index in [9.17, 15) is 14.4 Å². The zero-order valence-corrected chi connectivity index (χ0v) is 8.97. The number of likely N-dealkylation sites (tertiary alicyclic amines) is 1. The van der Waals surface area contributed by atoms with Gasteiger partial charge in [-0.05, 0) is 18.8 Å². The van der Waals surface area contributed by atoms with E-state index in [4.69, 9.17) is 0 Å². The Labute approximate surface area is 88.6 Å².